The molecule has 0 spiro atoms. The molecular formula is C21H31Cl2N3O3S. The topological polar surface area (TPSA) is 69.7 Å². The fourth-order valence-corrected chi connectivity index (χ4v) is 6.10. The number of amides is 1. The quantitative estimate of drug-likeness (QED) is 0.654. The molecule has 30 heavy (non-hydrogen) atoms. The molecule has 0 radical (unpaired) electrons. The van der Waals surface area contributed by atoms with Crippen LogP contribution in [0.5, 0.6) is 0 Å². The highest BCUT2D eigenvalue weighted by Gasteiger charge is 2.32. The van der Waals surface area contributed by atoms with Crippen molar-refractivity contribution in [2.75, 3.05) is 39.3 Å². The third-order valence-corrected chi connectivity index (χ3v) is 8.46. The first kappa shape index (κ1) is 23.8. The maximum atomic E-state index is 12.9. The van der Waals surface area contributed by atoms with Gasteiger partial charge in [0.2, 0.25) is 15.9 Å². The van der Waals surface area contributed by atoms with Gasteiger partial charge >= 0.3 is 0 Å². The molecule has 3 rings (SSSR count). The summed E-state index contributed by atoms with van der Waals surface area (Å²) in [5.41, 5.74) is 0.591. The molecular weight excluding hydrogens is 445 g/mol. The van der Waals surface area contributed by atoms with E-state index in [0.29, 0.717) is 41.5 Å². The van der Waals surface area contributed by atoms with Crippen molar-refractivity contribution in [3.05, 3.63) is 33.8 Å². The van der Waals surface area contributed by atoms with Gasteiger partial charge in [-0.1, -0.05) is 42.1 Å². The van der Waals surface area contributed by atoms with E-state index >= 15 is 0 Å². The zero-order chi connectivity index (χ0) is 21.6. The monoisotopic (exact) mass is 475 g/mol. The predicted octanol–water partition coefficient (Wildman–Crippen LogP) is 3.53. The van der Waals surface area contributed by atoms with Crippen LogP contribution in [0.2, 0.25) is 10.0 Å². The predicted molar refractivity (Wildman–Crippen MR) is 121 cm³/mol. The standard InChI is InChI=1S/C21H31Cl2N3O3S/c22-19-8-7-17(14-20(19)23)16-30(28,29)26-12-5-6-18(15-26)21(27)24-9-13-25-10-3-1-2-4-11-25/h7-8,14,18H,1-6,9-13,15-16H2,(H,24,27)/t18-/m0/s1. The van der Waals surface area contributed by atoms with Crippen LogP contribution in [-0.2, 0) is 20.6 Å². The number of halogens is 2. The van der Waals surface area contributed by atoms with Crippen LogP contribution in [0, 0.1) is 5.92 Å². The number of likely N-dealkylation sites (tertiary alicyclic amines) is 1. The maximum Gasteiger partial charge on any atom is 0.224 e. The van der Waals surface area contributed by atoms with E-state index in [0.717, 1.165) is 19.6 Å². The van der Waals surface area contributed by atoms with Crippen molar-refractivity contribution in [1.82, 2.24) is 14.5 Å². The molecule has 2 fully saturated rings. The van der Waals surface area contributed by atoms with Gasteiger partial charge in [-0.05, 0) is 56.5 Å². The Morgan fingerprint density at radius 1 is 1.03 bits per heavy atom. The van der Waals surface area contributed by atoms with Crippen LogP contribution in [0.25, 0.3) is 0 Å². The number of nitrogens with zero attached hydrogens (tertiary/aromatic N) is 2. The molecule has 2 saturated heterocycles. The lowest BCUT2D eigenvalue weighted by atomic mass is 9.99. The van der Waals surface area contributed by atoms with E-state index in [2.05, 4.69) is 10.2 Å². The average molecular weight is 476 g/mol. The highest BCUT2D eigenvalue weighted by Crippen LogP contribution is 2.26. The largest absolute Gasteiger partial charge is 0.355 e. The smallest absolute Gasteiger partial charge is 0.224 e. The molecule has 2 aliphatic rings. The molecule has 1 aromatic rings. The molecule has 2 heterocycles. The highest BCUT2D eigenvalue weighted by atomic mass is 35.5. The molecule has 1 amide bonds. The molecule has 168 valence electrons. The third-order valence-electron chi connectivity index (χ3n) is 5.91. The van der Waals surface area contributed by atoms with Crippen LogP contribution < -0.4 is 5.32 Å². The number of hydrogen-bond acceptors (Lipinski definition) is 4. The van der Waals surface area contributed by atoms with Gasteiger partial charge in [-0.3, -0.25) is 4.79 Å². The molecule has 0 saturated carbocycles. The number of carbonyl (C=O) groups is 1. The Labute approximate surface area is 189 Å². The fourth-order valence-electron chi connectivity index (χ4n) is 4.18. The van der Waals surface area contributed by atoms with Gasteiger partial charge in [0.15, 0.2) is 0 Å². The molecule has 1 aromatic carbocycles. The second-order valence-corrected chi connectivity index (χ2v) is 11.0. The molecule has 9 heteroatoms. The third kappa shape index (κ3) is 6.82. The van der Waals surface area contributed by atoms with Crippen LogP contribution in [0.1, 0.15) is 44.1 Å². The molecule has 6 nitrogen and oxygen atoms in total. The van der Waals surface area contributed by atoms with E-state index in [1.807, 2.05) is 0 Å². The second kappa shape index (κ2) is 11.1. The van der Waals surface area contributed by atoms with Gasteiger partial charge < -0.3 is 10.2 Å². The Bertz CT molecular complexity index is 827. The van der Waals surface area contributed by atoms with Gasteiger partial charge in [-0.2, -0.15) is 0 Å². The van der Waals surface area contributed by atoms with Crippen LogP contribution in [0.4, 0.5) is 0 Å². The molecule has 1 N–H and O–H groups in total. The molecule has 0 bridgehead atoms. The van der Waals surface area contributed by atoms with Crippen LogP contribution in [0.3, 0.4) is 0 Å². The number of benzene rings is 1. The first-order valence-electron chi connectivity index (χ1n) is 10.8. The zero-order valence-electron chi connectivity index (χ0n) is 17.3. The van der Waals surface area contributed by atoms with Gasteiger partial charge in [0.1, 0.15) is 0 Å². The van der Waals surface area contributed by atoms with E-state index in [1.54, 1.807) is 18.2 Å². The summed E-state index contributed by atoms with van der Waals surface area (Å²) in [6.07, 6.45) is 6.43. The Hall–Kier alpha value is -0.860. The summed E-state index contributed by atoms with van der Waals surface area (Å²) < 4.78 is 27.2. The summed E-state index contributed by atoms with van der Waals surface area (Å²) in [5, 5.41) is 3.75. The minimum Gasteiger partial charge on any atom is -0.355 e. The number of carbonyl (C=O) groups excluding carboxylic acids is 1. The Kier molecular flexibility index (Phi) is 8.83. The van der Waals surface area contributed by atoms with Crippen molar-refractivity contribution >= 4 is 39.1 Å². The maximum absolute atomic E-state index is 12.9. The lowest BCUT2D eigenvalue weighted by molar-refractivity contribution is -0.126. The van der Waals surface area contributed by atoms with Crippen LogP contribution in [0.15, 0.2) is 18.2 Å². The lowest BCUT2D eigenvalue weighted by Gasteiger charge is -2.31. The Morgan fingerprint density at radius 2 is 1.77 bits per heavy atom. The second-order valence-electron chi connectivity index (χ2n) is 8.25. The van der Waals surface area contributed by atoms with Crippen LogP contribution in [-0.4, -0.2) is 62.8 Å². The van der Waals surface area contributed by atoms with Crippen molar-refractivity contribution in [2.45, 2.75) is 44.3 Å². The number of rotatable bonds is 7. The van der Waals surface area contributed by atoms with Crippen molar-refractivity contribution in [1.29, 1.82) is 0 Å². The Balaban J connectivity index is 1.50. The van der Waals surface area contributed by atoms with E-state index in [9.17, 15) is 13.2 Å². The first-order chi connectivity index (χ1) is 14.3. The molecule has 0 aromatic heterocycles. The van der Waals surface area contributed by atoms with Gasteiger partial charge in [0.05, 0.1) is 21.7 Å². The summed E-state index contributed by atoms with van der Waals surface area (Å²) in [7, 11) is -3.53. The van der Waals surface area contributed by atoms with E-state index in [-0.39, 0.29) is 24.1 Å². The zero-order valence-corrected chi connectivity index (χ0v) is 19.6. The molecule has 1 atom stereocenters. The molecule has 2 aliphatic heterocycles. The number of sulfonamides is 1. The minimum absolute atomic E-state index is 0.0424. The number of hydrogen-bond donors (Lipinski definition) is 1. The number of piperidine rings is 1. The minimum atomic E-state index is -3.53. The lowest BCUT2D eigenvalue weighted by Crippen LogP contribution is -2.46. The van der Waals surface area contributed by atoms with E-state index in [1.165, 1.54) is 30.0 Å². The summed E-state index contributed by atoms with van der Waals surface area (Å²) in [4.78, 5) is 15.0. The first-order valence-corrected chi connectivity index (χ1v) is 13.1. The van der Waals surface area contributed by atoms with Gasteiger partial charge in [0.25, 0.3) is 0 Å². The number of nitrogens with one attached hydrogen (secondary N) is 1. The van der Waals surface area contributed by atoms with Crippen molar-refractivity contribution in [3.8, 4) is 0 Å². The SMILES string of the molecule is O=C(NCCN1CCCCCC1)[C@H]1CCCN(S(=O)(=O)Cc2ccc(Cl)c(Cl)c2)C1. The van der Waals surface area contributed by atoms with Crippen molar-refractivity contribution in [2.24, 2.45) is 5.92 Å². The summed E-state index contributed by atoms with van der Waals surface area (Å²) in [5.74, 6) is -0.488. The van der Waals surface area contributed by atoms with Gasteiger partial charge in [-0.15, -0.1) is 0 Å². The van der Waals surface area contributed by atoms with E-state index < -0.39 is 10.0 Å². The average Bonchev–Trinajstić information content (AvgIpc) is 2.99. The summed E-state index contributed by atoms with van der Waals surface area (Å²) in [6, 6.07) is 4.85. The van der Waals surface area contributed by atoms with Gasteiger partial charge in [-0.25, -0.2) is 12.7 Å². The molecule has 0 unspecified atom stereocenters. The Morgan fingerprint density at radius 3 is 2.47 bits per heavy atom. The fraction of sp³-hybridized carbons (Fsp3) is 0.667. The summed E-state index contributed by atoms with van der Waals surface area (Å²) in [6.45, 7) is 4.35. The normalized spacial score (nSPS) is 21.9. The van der Waals surface area contributed by atoms with Crippen LogP contribution >= 0.6 is 23.2 Å². The van der Waals surface area contributed by atoms with Crippen molar-refractivity contribution in [3.63, 3.8) is 0 Å². The van der Waals surface area contributed by atoms with Gasteiger partial charge in [0, 0.05) is 26.2 Å². The summed E-state index contributed by atoms with van der Waals surface area (Å²) >= 11 is 11.9. The van der Waals surface area contributed by atoms with E-state index in [4.69, 9.17) is 23.2 Å². The highest BCUT2D eigenvalue weighted by molar-refractivity contribution is 7.88. The van der Waals surface area contributed by atoms with Crippen molar-refractivity contribution < 1.29 is 13.2 Å². The molecule has 0 aliphatic carbocycles.